The lowest BCUT2D eigenvalue weighted by atomic mass is 9.72. The van der Waals surface area contributed by atoms with Crippen molar-refractivity contribution < 1.29 is 27.8 Å². The van der Waals surface area contributed by atoms with Gasteiger partial charge < -0.3 is 14.2 Å². The lowest BCUT2D eigenvalue weighted by molar-refractivity contribution is -0.177. The van der Waals surface area contributed by atoms with Gasteiger partial charge in [-0.05, 0) is 55.9 Å². The number of aliphatic imine (C=N–C) groups is 1. The Hall–Kier alpha value is -3.42. The van der Waals surface area contributed by atoms with E-state index in [0.29, 0.717) is 18.4 Å². The van der Waals surface area contributed by atoms with Crippen molar-refractivity contribution in [2.75, 3.05) is 6.61 Å². The number of ether oxygens (including phenoxy) is 3. The molecule has 0 aliphatic carbocycles. The summed E-state index contributed by atoms with van der Waals surface area (Å²) in [7, 11) is -2.18. The van der Waals surface area contributed by atoms with Crippen LogP contribution < -0.4 is 0 Å². The molecule has 48 heavy (non-hydrogen) atoms. The van der Waals surface area contributed by atoms with Crippen molar-refractivity contribution in [1.82, 2.24) is 0 Å². The highest BCUT2D eigenvalue weighted by atomic mass is 31.2. The van der Waals surface area contributed by atoms with Crippen LogP contribution in [0.25, 0.3) is 0 Å². The number of hydrogen-bond donors (Lipinski definition) is 0. The van der Waals surface area contributed by atoms with Gasteiger partial charge in [-0.2, -0.15) is 0 Å². The molecule has 3 aliphatic heterocycles. The van der Waals surface area contributed by atoms with Crippen molar-refractivity contribution in [3.8, 4) is 0 Å². The van der Waals surface area contributed by atoms with Gasteiger partial charge in [-0.15, -0.1) is 0 Å². The van der Waals surface area contributed by atoms with E-state index in [2.05, 4.69) is 62.4 Å². The van der Waals surface area contributed by atoms with Crippen LogP contribution in [-0.4, -0.2) is 42.1 Å². The Bertz CT molecular complexity index is 1530. The second-order valence-electron chi connectivity index (χ2n) is 14.0. The first kappa shape index (κ1) is 33.1. The van der Waals surface area contributed by atoms with E-state index in [4.69, 9.17) is 32.8 Å². The third kappa shape index (κ3) is 5.81. The van der Waals surface area contributed by atoms with Crippen LogP contribution in [0, 0.1) is 5.92 Å². The number of hydrogen-bond acceptors (Lipinski definition) is 7. The zero-order chi connectivity index (χ0) is 33.6. The molecule has 2 fully saturated rings. The lowest BCUT2D eigenvalue weighted by Gasteiger charge is -2.41. The molecule has 0 aromatic heterocycles. The zero-order valence-corrected chi connectivity index (χ0v) is 29.3. The summed E-state index contributed by atoms with van der Waals surface area (Å²) >= 11 is 0. The van der Waals surface area contributed by atoms with Crippen molar-refractivity contribution in [1.29, 1.82) is 0 Å². The molecular formula is C40H44NO6P. The maximum atomic E-state index is 7.45. The average molecular weight is 666 g/mol. The van der Waals surface area contributed by atoms with Crippen LogP contribution in [0.15, 0.2) is 126 Å². The molecule has 7 rings (SSSR count). The molecule has 7 nitrogen and oxygen atoms in total. The van der Waals surface area contributed by atoms with E-state index in [1.54, 1.807) is 0 Å². The van der Waals surface area contributed by atoms with Crippen LogP contribution >= 0.6 is 8.60 Å². The SMILES string of the molecule is CC(C)[C@H]1COC(C(C)(C)OP2OC(c3ccccc3)(c3ccccc3)[C@H]3OC(C)(C)O[C@@H]3C(c3ccccc3)(c3ccccc3)O2)=N1. The van der Waals surface area contributed by atoms with Gasteiger partial charge in [0, 0.05) is 0 Å². The maximum Gasteiger partial charge on any atom is 0.336 e. The van der Waals surface area contributed by atoms with Gasteiger partial charge in [0.05, 0.1) is 6.04 Å². The van der Waals surface area contributed by atoms with E-state index in [0.717, 1.165) is 22.3 Å². The van der Waals surface area contributed by atoms with E-state index >= 15 is 0 Å². The minimum Gasteiger partial charge on any atom is -0.477 e. The number of nitrogens with zero attached hydrogens (tertiary/aromatic N) is 1. The minimum absolute atomic E-state index is 0.0514. The topological polar surface area (TPSA) is 67.7 Å². The fourth-order valence-corrected chi connectivity index (χ4v) is 8.64. The van der Waals surface area contributed by atoms with Crippen LogP contribution in [0.1, 0.15) is 63.8 Å². The largest absolute Gasteiger partial charge is 0.477 e. The molecule has 0 unspecified atom stereocenters. The molecule has 0 bridgehead atoms. The molecule has 250 valence electrons. The molecule has 8 heteroatoms. The molecule has 0 amide bonds. The van der Waals surface area contributed by atoms with Crippen LogP contribution in [0.2, 0.25) is 0 Å². The Labute approximate surface area is 285 Å². The third-order valence-corrected chi connectivity index (χ3v) is 10.9. The number of rotatable bonds is 8. The smallest absolute Gasteiger partial charge is 0.336 e. The molecule has 4 aromatic carbocycles. The van der Waals surface area contributed by atoms with Gasteiger partial charge in [-0.25, -0.2) is 4.99 Å². The van der Waals surface area contributed by atoms with E-state index in [1.807, 2.05) is 100 Å². The zero-order valence-electron chi connectivity index (χ0n) is 28.4. The van der Waals surface area contributed by atoms with Crippen molar-refractivity contribution in [2.24, 2.45) is 10.9 Å². The summed E-state index contributed by atoms with van der Waals surface area (Å²) in [5, 5.41) is 0. The minimum atomic E-state index is -2.18. The molecule has 0 radical (unpaired) electrons. The molecule has 4 aromatic rings. The number of benzene rings is 4. The van der Waals surface area contributed by atoms with Gasteiger partial charge in [0.2, 0.25) is 5.90 Å². The monoisotopic (exact) mass is 665 g/mol. The molecule has 0 saturated carbocycles. The molecule has 3 aliphatic rings. The second-order valence-corrected chi connectivity index (χ2v) is 15.0. The van der Waals surface area contributed by atoms with Gasteiger partial charge >= 0.3 is 8.60 Å². The maximum absolute atomic E-state index is 7.45. The van der Waals surface area contributed by atoms with Crippen LogP contribution in [0.5, 0.6) is 0 Å². The van der Waals surface area contributed by atoms with E-state index in [-0.39, 0.29) is 6.04 Å². The number of fused-ring (bicyclic) bond motifs is 1. The first-order valence-corrected chi connectivity index (χ1v) is 17.8. The van der Waals surface area contributed by atoms with Crippen LogP contribution in [0.4, 0.5) is 0 Å². The van der Waals surface area contributed by atoms with Crippen molar-refractivity contribution >= 4 is 14.5 Å². The summed E-state index contributed by atoms with van der Waals surface area (Å²) in [4.78, 5) is 4.95. The highest BCUT2D eigenvalue weighted by Gasteiger charge is 2.67. The molecule has 0 N–H and O–H groups in total. The van der Waals surface area contributed by atoms with E-state index in [1.165, 1.54) is 0 Å². The first-order valence-electron chi connectivity index (χ1n) is 16.7. The van der Waals surface area contributed by atoms with E-state index < -0.39 is 43.4 Å². The Morgan fingerprint density at radius 2 is 1.04 bits per heavy atom. The van der Waals surface area contributed by atoms with Crippen LogP contribution in [-0.2, 0) is 39.0 Å². The lowest BCUT2D eigenvalue weighted by Crippen LogP contribution is -2.53. The second kappa shape index (κ2) is 12.8. The highest BCUT2D eigenvalue weighted by molar-refractivity contribution is 7.41. The predicted octanol–water partition coefficient (Wildman–Crippen LogP) is 8.92. The summed E-state index contributed by atoms with van der Waals surface area (Å²) in [6.45, 7) is 12.6. The van der Waals surface area contributed by atoms with E-state index in [9.17, 15) is 0 Å². The van der Waals surface area contributed by atoms with Gasteiger partial charge in [0.1, 0.15) is 24.4 Å². The van der Waals surface area contributed by atoms with Crippen molar-refractivity contribution in [2.45, 2.75) is 82.4 Å². The predicted molar refractivity (Wildman–Crippen MR) is 187 cm³/mol. The molecule has 3 atom stereocenters. The fraction of sp³-hybridized carbons (Fsp3) is 0.375. The fourth-order valence-electron chi connectivity index (χ4n) is 6.98. The van der Waals surface area contributed by atoms with Gasteiger partial charge in [0.25, 0.3) is 0 Å². The quantitative estimate of drug-likeness (QED) is 0.175. The Morgan fingerprint density at radius 1 is 0.667 bits per heavy atom. The normalized spacial score (nSPS) is 24.8. The summed E-state index contributed by atoms with van der Waals surface area (Å²) < 4.78 is 42.2. The van der Waals surface area contributed by atoms with Crippen molar-refractivity contribution in [3.63, 3.8) is 0 Å². The molecule has 2 saturated heterocycles. The van der Waals surface area contributed by atoms with Gasteiger partial charge in [-0.1, -0.05) is 135 Å². The Morgan fingerprint density at radius 3 is 1.38 bits per heavy atom. The Balaban J connectivity index is 1.50. The summed E-state index contributed by atoms with van der Waals surface area (Å²) in [6.07, 6.45) is -1.36. The standard InChI is InChI=1S/C40H44NO6P/c1-28(2)33-27-42-36(41-33)37(3,4)45-48-46-39(29-19-11-7-12-20-29,30-21-13-8-14-22-30)34-35(44-38(5,6)43-34)40(47-48,31-23-15-9-16-24-31)32-25-17-10-18-26-32/h7-26,28,33-35H,27H2,1-6H3/t33-,34+,35+/m1/s1. The van der Waals surface area contributed by atoms with Crippen LogP contribution in [0.3, 0.4) is 0 Å². The van der Waals surface area contributed by atoms with Crippen molar-refractivity contribution in [3.05, 3.63) is 144 Å². The summed E-state index contributed by atoms with van der Waals surface area (Å²) in [5.74, 6) is -0.104. The molecule has 0 spiro atoms. The first-order chi connectivity index (χ1) is 23.1. The van der Waals surface area contributed by atoms with Gasteiger partial charge in [0.15, 0.2) is 17.0 Å². The summed E-state index contributed by atoms with van der Waals surface area (Å²) in [5.41, 5.74) is 0.216. The average Bonchev–Trinajstić information content (AvgIpc) is 3.71. The highest BCUT2D eigenvalue weighted by Crippen LogP contribution is 2.66. The summed E-state index contributed by atoms with van der Waals surface area (Å²) in [6, 6.07) is 40.8. The third-order valence-electron chi connectivity index (χ3n) is 9.41. The Kier molecular flexibility index (Phi) is 8.82. The molecular weight excluding hydrogens is 621 g/mol. The van der Waals surface area contributed by atoms with Gasteiger partial charge in [-0.3, -0.25) is 13.6 Å². The molecule has 3 heterocycles.